The number of rotatable bonds is 5. The van der Waals surface area contributed by atoms with Crippen LogP contribution in [0, 0.1) is 27.3 Å². The molecule has 2 aromatic carbocycles. The van der Waals surface area contributed by atoms with Crippen LogP contribution in [-0.2, 0) is 10.0 Å². The molecule has 0 amide bonds. The normalized spacial score (nSPS) is 10.9. The van der Waals surface area contributed by atoms with Gasteiger partial charge in [0.25, 0.3) is 15.7 Å². The number of nitro benzene ring substituents is 1. The number of hydrogen-bond donors (Lipinski definition) is 0. The maximum Gasteiger partial charge on any atom is 0.291 e. The second-order valence-electron chi connectivity index (χ2n) is 4.70. The molecular weight excluding hydrogens is 337 g/mol. The van der Waals surface area contributed by atoms with Crippen molar-refractivity contribution in [3.8, 4) is 6.07 Å². The summed E-state index contributed by atoms with van der Waals surface area (Å²) in [4.78, 5) is 9.81. The Morgan fingerprint density at radius 2 is 1.88 bits per heavy atom. The summed E-state index contributed by atoms with van der Waals surface area (Å²) in [7, 11) is -4.26. The first-order valence-electron chi connectivity index (χ1n) is 6.78. The Morgan fingerprint density at radius 1 is 1.25 bits per heavy atom. The minimum absolute atomic E-state index is 0.00881. The van der Waals surface area contributed by atoms with E-state index in [1.165, 1.54) is 18.2 Å². The molecule has 0 N–H and O–H groups in total. The third kappa shape index (κ3) is 3.18. The van der Waals surface area contributed by atoms with Gasteiger partial charge in [-0.05, 0) is 43.3 Å². The van der Waals surface area contributed by atoms with Crippen molar-refractivity contribution in [2.45, 2.75) is 11.8 Å². The molecule has 9 heteroatoms. The smallest absolute Gasteiger partial charge is 0.266 e. The zero-order valence-electron chi connectivity index (χ0n) is 12.5. The minimum atomic E-state index is -4.26. The molecule has 0 aliphatic carbocycles. The molecule has 7 nitrogen and oxygen atoms in total. The molecule has 0 aromatic heterocycles. The van der Waals surface area contributed by atoms with Gasteiger partial charge in [-0.3, -0.25) is 14.4 Å². The van der Waals surface area contributed by atoms with Crippen molar-refractivity contribution in [2.75, 3.05) is 10.8 Å². The number of anilines is 1. The van der Waals surface area contributed by atoms with Crippen molar-refractivity contribution in [3.63, 3.8) is 0 Å². The average molecular weight is 349 g/mol. The first-order valence-corrected chi connectivity index (χ1v) is 8.22. The molecule has 0 saturated heterocycles. The van der Waals surface area contributed by atoms with E-state index in [0.29, 0.717) is 0 Å². The molecule has 2 aromatic rings. The highest BCUT2D eigenvalue weighted by atomic mass is 32.2. The topological polar surface area (TPSA) is 104 Å². The summed E-state index contributed by atoms with van der Waals surface area (Å²) in [6.45, 7) is 1.54. The van der Waals surface area contributed by atoms with E-state index in [-0.39, 0.29) is 17.8 Å². The van der Waals surface area contributed by atoms with Crippen molar-refractivity contribution in [2.24, 2.45) is 0 Å². The van der Waals surface area contributed by atoms with Crippen molar-refractivity contribution in [3.05, 3.63) is 64.0 Å². The molecule has 0 spiro atoms. The van der Waals surface area contributed by atoms with Gasteiger partial charge in [-0.1, -0.05) is 0 Å². The maximum atomic E-state index is 13.0. The summed E-state index contributed by atoms with van der Waals surface area (Å²) in [6.07, 6.45) is 0. The van der Waals surface area contributed by atoms with Crippen LogP contribution in [0.4, 0.5) is 15.8 Å². The maximum absolute atomic E-state index is 13.0. The zero-order chi connectivity index (χ0) is 17.9. The third-order valence-electron chi connectivity index (χ3n) is 3.25. The number of nitro groups is 1. The van der Waals surface area contributed by atoms with Gasteiger partial charge >= 0.3 is 0 Å². The summed E-state index contributed by atoms with van der Waals surface area (Å²) >= 11 is 0. The molecule has 0 bridgehead atoms. The fourth-order valence-corrected chi connectivity index (χ4v) is 3.78. The molecule has 0 radical (unpaired) electrons. The Hall–Kier alpha value is -2.99. The van der Waals surface area contributed by atoms with E-state index in [2.05, 4.69) is 0 Å². The van der Waals surface area contributed by atoms with E-state index in [4.69, 9.17) is 5.26 Å². The lowest BCUT2D eigenvalue weighted by Gasteiger charge is -2.22. The number of benzene rings is 2. The Labute approximate surface area is 137 Å². The molecule has 0 atom stereocenters. The number of hydrogen-bond acceptors (Lipinski definition) is 5. The van der Waals surface area contributed by atoms with Crippen LogP contribution in [0.1, 0.15) is 12.5 Å². The highest BCUT2D eigenvalue weighted by Crippen LogP contribution is 2.30. The standard InChI is InChI=1S/C15H12FN3O4S/c1-2-18(13-6-4-12(16)5-7-13)24(22,23)15-8-3-11(10-17)9-14(15)19(20)21/h3-9H,2H2,1H3. The minimum Gasteiger partial charge on any atom is -0.266 e. The second-order valence-corrected chi connectivity index (χ2v) is 6.53. The van der Waals surface area contributed by atoms with Crippen LogP contribution in [0.15, 0.2) is 47.4 Å². The Morgan fingerprint density at radius 3 is 2.38 bits per heavy atom. The van der Waals surface area contributed by atoms with E-state index in [1.54, 1.807) is 13.0 Å². The third-order valence-corrected chi connectivity index (χ3v) is 5.20. The predicted octanol–water partition coefficient (Wildman–Crippen LogP) is 2.82. The van der Waals surface area contributed by atoms with Gasteiger partial charge in [-0.2, -0.15) is 5.26 Å². The van der Waals surface area contributed by atoms with Gasteiger partial charge in [0.1, 0.15) is 5.82 Å². The molecule has 0 aliphatic rings. The van der Waals surface area contributed by atoms with Gasteiger partial charge in [0.2, 0.25) is 0 Å². The predicted molar refractivity (Wildman–Crippen MR) is 84.4 cm³/mol. The lowest BCUT2D eigenvalue weighted by atomic mass is 10.2. The van der Waals surface area contributed by atoms with E-state index < -0.39 is 31.3 Å². The van der Waals surface area contributed by atoms with Crippen molar-refractivity contribution >= 4 is 21.4 Å². The molecule has 124 valence electrons. The van der Waals surface area contributed by atoms with Crippen molar-refractivity contribution < 1.29 is 17.7 Å². The highest BCUT2D eigenvalue weighted by Gasteiger charge is 2.31. The van der Waals surface area contributed by atoms with Gasteiger partial charge in [-0.25, -0.2) is 12.8 Å². The van der Waals surface area contributed by atoms with Gasteiger partial charge in [-0.15, -0.1) is 0 Å². The second kappa shape index (κ2) is 6.64. The van der Waals surface area contributed by atoms with Crippen molar-refractivity contribution in [1.29, 1.82) is 5.26 Å². The number of halogens is 1. The first kappa shape index (κ1) is 17.4. The van der Waals surface area contributed by atoms with Crippen LogP contribution < -0.4 is 4.31 Å². The Bertz CT molecular complexity index is 921. The van der Waals surface area contributed by atoms with E-state index in [1.807, 2.05) is 0 Å². The number of nitriles is 1. The Kier molecular flexibility index (Phi) is 4.80. The summed E-state index contributed by atoms with van der Waals surface area (Å²) in [6, 6.07) is 9.59. The molecule has 0 fully saturated rings. The summed E-state index contributed by atoms with van der Waals surface area (Å²) in [5, 5.41) is 20.0. The number of sulfonamides is 1. The largest absolute Gasteiger partial charge is 0.291 e. The monoisotopic (exact) mass is 349 g/mol. The summed E-state index contributed by atoms with van der Waals surface area (Å²) in [5.74, 6) is -0.531. The van der Waals surface area contributed by atoms with Crippen molar-refractivity contribution in [1.82, 2.24) is 0 Å². The fourth-order valence-electron chi connectivity index (χ4n) is 2.17. The molecule has 2 rings (SSSR count). The zero-order valence-corrected chi connectivity index (χ0v) is 13.3. The first-order chi connectivity index (χ1) is 11.3. The number of nitrogens with zero attached hydrogens (tertiary/aromatic N) is 3. The van der Waals surface area contributed by atoms with E-state index in [0.717, 1.165) is 28.6 Å². The quantitative estimate of drug-likeness (QED) is 0.610. The fraction of sp³-hybridized carbons (Fsp3) is 0.133. The SMILES string of the molecule is CCN(c1ccc(F)cc1)S(=O)(=O)c1ccc(C#N)cc1[N+](=O)[O-]. The van der Waals surface area contributed by atoms with Crippen LogP contribution in [0.3, 0.4) is 0 Å². The van der Waals surface area contributed by atoms with Crippen LogP contribution >= 0.6 is 0 Å². The van der Waals surface area contributed by atoms with Gasteiger partial charge in [0, 0.05) is 12.6 Å². The van der Waals surface area contributed by atoms with E-state index >= 15 is 0 Å². The summed E-state index contributed by atoms with van der Waals surface area (Å²) < 4.78 is 39.6. The lowest BCUT2D eigenvalue weighted by Crippen LogP contribution is -2.31. The molecule has 0 unspecified atom stereocenters. The Balaban J connectivity index is 2.62. The molecule has 0 heterocycles. The summed E-state index contributed by atoms with van der Waals surface area (Å²) in [5.41, 5.74) is -0.530. The van der Waals surface area contributed by atoms with Gasteiger partial charge < -0.3 is 0 Å². The molecule has 0 saturated carbocycles. The molecule has 0 aliphatic heterocycles. The van der Waals surface area contributed by atoms with E-state index in [9.17, 15) is 22.9 Å². The molecular formula is C15H12FN3O4S. The molecule has 24 heavy (non-hydrogen) atoms. The average Bonchev–Trinajstić information content (AvgIpc) is 2.56. The van der Waals surface area contributed by atoms with Crippen LogP contribution in [-0.4, -0.2) is 19.9 Å². The van der Waals surface area contributed by atoms with Gasteiger partial charge in [0.05, 0.1) is 22.2 Å². The van der Waals surface area contributed by atoms with Gasteiger partial charge in [0.15, 0.2) is 4.90 Å². The van der Waals surface area contributed by atoms with Crippen LogP contribution in [0.5, 0.6) is 0 Å². The van der Waals surface area contributed by atoms with Crippen LogP contribution in [0.2, 0.25) is 0 Å². The lowest BCUT2D eigenvalue weighted by molar-refractivity contribution is -0.387. The van der Waals surface area contributed by atoms with Crippen LogP contribution in [0.25, 0.3) is 0 Å². The highest BCUT2D eigenvalue weighted by molar-refractivity contribution is 7.93.